The third-order valence-electron chi connectivity index (χ3n) is 3.46. The molecule has 1 aromatic carbocycles. The van der Waals surface area contributed by atoms with Gasteiger partial charge in [-0.2, -0.15) is 0 Å². The number of carboxylic acids is 2. The predicted octanol–water partition coefficient (Wildman–Crippen LogP) is 3.77. The van der Waals surface area contributed by atoms with E-state index in [0.717, 1.165) is 5.56 Å². The van der Waals surface area contributed by atoms with E-state index in [2.05, 4.69) is 6.58 Å². The summed E-state index contributed by atoms with van der Waals surface area (Å²) in [5.41, 5.74) is -0.103. The summed E-state index contributed by atoms with van der Waals surface area (Å²) in [5.74, 6) is -2.21. The van der Waals surface area contributed by atoms with E-state index in [-0.39, 0.29) is 11.1 Å². The summed E-state index contributed by atoms with van der Waals surface area (Å²) in [6.45, 7) is 6.95. The molecule has 0 aliphatic heterocycles. The van der Waals surface area contributed by atoms with Crippen LogP contribution in [0.3, 0.4) is 0 Å². The third kappa shape index (κ3) is 4.45. The normalized spacial score (nSPS) is 14.5. The van der Waals surface area contributed by atoms with Crippen LogP contribution in [-0.4, -0.2) is 22.2 Å². The lowest BCUT2D eigenvalue weighted by Gasteiger charge is -2.23. The summed E-state index contributed by atoms with van der Waals surface area (Å²) >= 11 is 0. The highest BCUT2D eigenvalue weighted by Gasteiger charge is 2.28. The van der Waals surface area contributed by atoms with Crippen LogP contribution in [0, 0.1) is 5.41 Å². The summed E-state index contributed by atoms with van der Waals surface area (Å²) in [4.78, 5) is 22.5. The molecule has 0 heterocycles. The van der Waals surface area contributed by atoms with Gasteiger partial charge in [0.25, 0.3) is 0 Å². The highest BCUT2D eigenvalue weighted by atomic mass is 16.4. The Balaban J connectivity index is 3.29. The Morgan fingerprint density at radius 2 is 1.77 bits per heavy atom. The van der Waals surface area contributed by atoms with Crippen LogP contribution in [-0.2, 0) is 9.59 Å². The first-order valence-corrected chi connectivity index (χ1v) is 6.92. The van der Waals surface area contributed by atoms with Crippen LogP contribution in [0.2, 0.25) is 0 Å². The maximum absolute atomic E-state index is 11.3. The van der Waals surface area contributed by atoms with E-state index in [4.69, 9.17) is 0 Å². The van der Waals surface area contributed by atoms with Gasteiger partial charge in [0.15, 0.2) is 0 Å². The monoisotopic (exact) mass is 300 g/mol. The lowest BCUT2D eigenvalue weighted by atomic mass is 9.80. The van der Waals surface area contributed by atoms with Gasteiger partial charge in [0.1, 0.15) is 0 Å². The second-order valence-corrected chi connectivity index (χ2v) is 5.14. The molecule has 0 bridgehead atoms. The van der Waals surface area contributed by atoms with Crippen LogP contribution < -0.4 is 0 Å². The average Bonchev–Trinajstić information content (AvgIpc) is 2.50. The molecule has 1 atom stereocenters. The zero-order valence-corrected chi connectivity index (χ0v) is 12.7. The average molecular weight is 300 g/mol. The third-order valence-corrected chi connectivity index (χ3v) is 3.46. The van der Waals surface area contributed by atoms with Gasteiger partial charge in [-0.05, 0) is 18.9 Å². The van der Waals surface area contributed by atoms with Crippen LogP contribution in [0.5, 0.6) is 0 Å². The minimum Gasteiger partial charge on any atom is -0.478 e. The molecule has 0 fully saturated rings. The van der Waals surface area contributed by atoms with E-state index in [1.165, 1.54) is 6.08 Å². The van der Waals surface area contributed by atoms with Crippen molar-refractivity contribution in [2.24, 2.45) is 5.41 Å². The molecule has 1 unspecified atom stereocenters. The van der Waals surface area contributed by atoms with Gasteiger partial charge in [-0.25, -0.2) is 9.59 Å². The fraction of sp³-hybridized carbons (Fsp3) is 0.222. The van der Waals surface area contributed by atoms with E-state index in [0.29, 0.717) is 6.42 Å². The largest absolute Gasteiger partial charge is 0.478 e. The van der Waals surface area contributed by atoms with Crippen LogP contribution in [0.25, 0.3) is 6.08 Å². The van der Waals surface area contributed by atoms with Crippen molar-refractivity contribution >= 4 is 18.0 Å². The molecule has 0 spiro atoms. The number of allylic oxidation sites excluding steroid dienone is 2. The number of benzene rings is 1. The van der Waals surface area contributed by atoms with Gasteiger partial charge in [0.2, 0.25) is 0 Å². The first-order valence-electron chi connectivity index (χ1n) is 6.92. The molecule has 4 nitrogen and oxygen atoms in total. The summed E-state index contributed by atoms with van der Waals surface area (Å²) in [7, 11) is 0. The number of carbonyl (C=O) groups is 2. The number of hydrogen-bond acceptors (Lipinski definition) is 2. The first kappa shape index (κ1) is 17.4. The molecule has 22 heavy (non-hydrogen) atoms. The molecule has 1 aromatic rings. The smallest absolute Gasteiger partial charge is 0.332 e. The van der Waals surface area contributed by atoms with Crippen LogP contribution >= 0.6 is 0 Å². The molecule has 0 saturated heterocycles. The molecule has 0 aliphatic rings. The highest BCUT2D eigenvalue weighted by Crippen LogP contribution is 2.32. The number of rotatable bonds is 7. The Morgan fingerprint density at radius 1 is 1.18 bits per heavy atom. The second-order valence-electron chi connectivity index (χ2n) is 5.14. The maximum atomic E-state index is 11.3. The van der Waals surface area contributed by atoms with E-state index in [9.17, 15) is 19.8 Å². The van der Waals surface area contributed by atoms with Crippen LogP contribution in [0.4, 0.5) is 0 Å². The SMILES string of the molecule is C=C(C(=O)O)C(C)(C=Cc1ccccc1)C=C(CC)C(=O)O. The number of hydrogen-bond donors (Lipinski definition) is 2. The van der Waals surface area contributed by atoms with Crippen molar-refractivity contribution in [1.82, 2.24) is 0 Å². The zero-order chi connectivity index (χ0) is 16.8. The first-order chi connectivity index (χ1) is 10.3. The van der Waals surface area contributed by atoms with Crippen molar-refractivity contribution in [3.63, 3.8) is 0 Å². The Kier molecular flexibility index (Phi) is 5.87. The summed E-state index contributed by atoms with van der Waals surface area (Å²) in [6, 6.07) is 9.37. The van der Waals surface area contributed by atoms with Gasteiger partial charge >= 0.3 is 11.9 Å². The van der Waals surface area contributed by atoms with E-state index in [1.54, 1.807) is 26.0 Å². The summed E-state index contributed by atoms with van der Waals surface area (Å²) in [6.07, 6.45) is 5.18. The van der Waals surface area contributed by atoms with Gasteiger partial charge in [-0.15, -0.1) is 0 Å². The molecule has 0 aromatic heterocycles. The Morgan fingerprint density at radius 3 is 2.23 bits per heavy atom. The standard InChI is InChI=1S/C18H20O4/c1-4-15(17(21)22)12-18(3,13(2)16(19)20)11-10-14-8-6-5-7-9-14/h5-12H,2,4H2,1,3H3,(H,19,20)(H,21,22). The lowest BCUT2D eigenvalue weighted by molar-refractivity contribution is -0.134. The van der Waals surface area contributed by atoms with Gasteiger partial charge in [-0.1, -0.05) is 62.1 Å². The van der Waals surface area contributed by atoms with Crippen molar-refractivity contribution in [3.05, 3.63) is 65.8 Å². The van der Waals surface area contributed by atoms with E-state index < -0.39 is 17.4 Å². The molecule has 1 rings (SSSR count). The van der Waals surface area contributed by atoms with Crippen LogP contribution in [0.15, 0.2) is 60.2 Å². The maximum Gasteiger partial charge on any atom is 0.332 e. The fourth-order valence-electron chi connectivity index (χ4n) is 1.98. The van der Waals surface area contributed by atoms with Gasteiger partial charge in [0, 0.05) is 16.6 Å². The van der Waals surface area contributed by atoms with Crippen molar-refractivity contribution in [1.29, 1.82) is 0 Å². The quantitative estimate of drug-likeness (QED) is 0.752. The molecular weight excluding hydrogens is 280 g/mol. The Labute approximate surface area is 130 Å². The van der Waals surface area contributed by atoms with Gasteiger partial charge < -0.3 is 10.2 Å². The van der Waals surface area contributed by atoms with Crippen molar-refractivity contribution in [3.8, 4) is 0 Å². The fourth-order valence-corrected chi connectivity index (χ4v) is 1.98. The van der Waals surface area contributed by atoms with Gasteiger partial charge in [0.05, 0.1) is 0 Å². The predicted molar refractivity (Wildman–Crippen MR) is 86.4 cm³/mol. The Hall–Kier alpha value is -2.62. The molecule has 2 N–H and O–H groups in total. The molecule has 0 aliphatic carbocycles. The topological polar surface area (TPSA) is 74.6 Å². The minimum absolute atomic E-state index is 0.0770. The molecule has 4 heteroatoms. The number of aliphatic carboxylic acids is 2. The van der Waals surface area contributed by atoms with Crippen molar-refractivity contribution in [2.45, 2.75) is 20.3 Å². The number of carboxylic acid groups (broad SMARTS) is 2. The van der Waals surface area contributed by atoms with E-state index >= 15 is 0 Å². The van der Waals surface area contributed by atoms with E-state index in [1.807, 2.05) is 30.3 Å². The van der Waals surface area contributed by atoms with Crippen molar-refractivity contribution < 1.29 is 19.8 Å². The molecule has 116 valence electrons. The van der Waals surface area contributed by atoms with Crippen molar-refractivity contribution in [2.75, 3.05) is 0 Å². The molecule has 0 radical (unpaired) electrons. The molecule has 0 saturated carbocycles. The summed E-state index contributed by atoms with van der Waals surface area (Å²) < 4.78 is 0. The lowest BCUT2D eigenvalue weighted by Crippen LogP contribution is -2.21. The highest BCUT2D eigenvalue weighted by molar-refractivity contribution is 5.91. The Bertz CT molecular complexity index is 626. The second kappa shape index (κ2) is 7.41. The summed E-state index contributed by atoms with van der Waals surface area (Å²) in [5, 5.41) is 18.4. The molecule has 0 amide bonds. The zero-order valence-electron chi connectivity index (χ0n) is 12.7. The minimum atomic E-state index is -1.16. The molecular formula is C18H20O4. The van der Waals surface area contributed by atoms with Crippen LogP contribution in [0.1, 0.15) is 25.8 Å². The van der Waals surface area contributed by atoms with Gasteiger partial charge in [-0.3, -0.25) is 0 Å².